The molecule has 4 aliphatic rings. The number of methoxy groups -OCH3 is 1. The van der Waals surface area contributed by atoms with Crippen molar-refractivity contribution >= 4 is 79.9 Å². The van der Waals surface area contributed by atoms with Crippen LogP contribution < -0.4 is 14.6 Å². The van der Waals surface area contributed by atoms with Gasteiger partial charge in [-0.2, -0.15) is 23.3 Å². The first-order valence-electron chi connectivity index (χ1n) is 18.9. The summed E-state index contributed by atoms with van der Waals surface area (Å²) in [6, 6.07) is 13.7. The lowest BCUT2D eigenvalue weighted by molar-refractivity contribution is -0.141. The average Bonchev–Trinajstić information content (AvgIpc) is 3.87. The second-order valence-corrected chi connectivity index (χ2v) is 17.7. The number of imide groups is 2. The van der Waals surface area contributed by atoms with Gasteiger partial charge < -0.3 is 9.84 Å². The molecule has 5 heterocycles. The van der Waals surface area contributed by atoms with Crippen molar-refractivity contribution in [1.29, 1.82) is 0 Å². The van der Waals surface area contributed by atoms with Gasteiger partial charge in [0.05, 0.1) is 40.2 Å². The van der Waals surface area contributed by atoms with Gasteiger partial charge in [-0.3, -0.25) is 28.9 Å². The van der Waals surface area contributed by atoms with Crippen LogP contribution in [0.1, 0.15) is 42.5 Å². The first kappa shape index (κ1) is 40.0. The van der Waals surface area contributed by atoms with E-state index in [1.807, 2.05) is 25.1 Å². The van der Waals surface area contributed by atoms with Crippen LogP contribution in [0.4, 0.5) is 24.8 Å². The number of nitrogens with zero attached hydrogens (tertiary/aromatic N) is 6. The van der Waals surface area contributed by atoms with Crippen molar-refractivity contribution in [3.05, 3.63) is 93.1 Å². The van der Waals surface area contributed by atoms with E-state index >= 15 is 4.79 Å². The molecule has 18 heteroatoms. The third kappa shape index (κ3) is 5.70. The molecule has 0 spiro atoms. The third-order valence-electron chi connectivity index (χ3n) is 12.7. The van der Waals surface area contributed by atoms with Gasteiger partial charge in [-0.15, -0.1) is 11.3 Å². The number of anilines is 2. The van der Waals surface area contributed by atoms with Crippen LogP contribution >= 0.6 is 34.5 Å². The SMILES string of the molecule is COc1cc(C2C3=CCC4C(=O)N(N(C)c5nc(C(F)(F)F)ccc5Cl)C(=O)C4C3CC3C(=O)N(c4cc(-c5sc6ccc(Cl)cc6c5C)nn4C)C(=O)C32C)ccc1O. The summed E-state index contributed by atoms with van der Waals surface area (Å²) in [6.45, 7) is 3.68. The number of phenols is 1. The van der Waals surface area contributed by atoms with Crippen molar-refractivity contribution in [2.75, 3.05) is 24.1 Å². The normalized spacial score (nSPS) is 25.2. The number of allylic oxidation sites excluding steroid dienone is 2. The summed E-state index contributed by atoms with van der Waals surface area (Å²) >= 11 is 14.1. The van der Waals surface area contributed by atoms with Crippen molar-refractivity contribution in [3.63, 3.8) is 0 Å². The number of pyridine rings is 1. The number of thiophene rings is 1. The zero-order valence-electron chi connectivity index (χ0n) is 32.5. The molecule has 2 aliphatic carbocycles. The summed E-state index contributed by atoms with van der Waals surface area (Å²) in [5.41, 5.74) is -0.0127. The maximum atomic E-state index is 15.2. The summed E-state index contributed by atoms with van der Waals surface area (Å²) < 4.78 is 49.1. The highest BCUT2D eigenvalue weighted by Gasteiger charge is 2.68. The Morgan fingerprint density at radius 1 is 1.00 bits per heavy atom. The third-order valence-corrected chi connectivity index (χ3v) is 14.6. The molecule has 1 saturated carbocycles. The summed E-state index contributed by atoms with van der Waals surface area (Å²) in [6.07, 6.45) is -2.91. The summed E-state index contributed by atoms with van der Waals surface area (Å²) in [5.74, 6) is -7.16. The second kappa shape index (κ2) is 13.8. The number of aromatic nitrogens is 3. The molecule has 6 atom stereocenters. The van der Waals surface area contributed by atoms with E-state index in [2.05, 4.69) is 4.98 Å². The van der Waals surface area contributed by atoms with Gasteiger partial charge in [0.1, 0.15) is 17.2 Å². The first-order valence-corrected chi connectivity index (χ1v) is 20.5. The molecule has 9 rings (SSSR count). The molecule has 2 saturated heterocycles. The highest BCUT2D eigenvalue weighted by atomic mass is 35.5. The standard InChI is InChI=1S/C42H35Cl2F3N6O6S/c1-18-23-15-20(43)7-12-30(23)60-35(18)27-17-32(50(3)49-27)52-38(56)25-16-24-21(34(41(25,2)40(52)58)19-6-11-28(54)29(14-19)59-5)8-9-22-33(24)39(57)53(37(22)55)51(4)36-26(44)10-13-31(48-36)42(45,46)47/h6-8,10-15,17,22,24-25,33-34,54H,9,16H2,1-5H3. The molecule has 4 amide bonds. The molecule has 6 unspecified atom stereocenters. The number of alkyl halides is 3. The predicted octanol–water partition coefficient (Wildman–Crippen LogP) is 8.33. The Morgan fingerprint density at radius 3 is 2.47 bits per heavy atom. The molecule has 2 aromatic carbocycles. The Hall–Kier alpha value is -5.45. The van der Waals surface area contributed by atoms with Gasteiger partial charge >= 0.3 is 6.18 Å². The van der Waals surface area contributed by atoms with Gasteiger partial charge in [0.15, 0.2) is 17.3 Å². The number of ether oxygens (including phenoxy) is 1. The van der Waals surface area contributed by atoms with Crippen LogP contribution in [0.5, 0.6) is 11.5 Å². The minimum Gasteiger partial charge on any atom is -0.504 e. The monoisotopic (exact) mass is 878 g/mol. The number of rotatable bonds is 6. The lowest BCUT2D eigenvalue weighted by Gasteiger charge is -2.49. The Morgan fingerprint density at radius 2 is 1.75 bits per heavy atom. The number of halogens is 5. The molecule has 3 aromatic heterocycles. The number of aromatic hydroxyl groups is 1. The van der Waals surface area contributed by atoms with Crippen molar-refractivity contribution in [2.24, 2.45) is 36.1 Å². The number of fused-ring (bicyclic) bond motifs is 5. The summed E-state index contributed by atoms with van der Waals surface area (Å²) in [5, 5.41) is 18.4. The van der Waals surface area contributed by atoms with E-state index in [-0.39, 0.29) is 35.2 Å². The second-order valence-electron chi connectivity index (χ2n) is 15.8. The van der Waals surface area contributed by atoms with Crippen LogP contribution in [0.3, 0.4) is 0 Å². The number of benzene rings is 2. The van der Waals surface area contributed by atoms with Gasteiger partial charge in [-0.1, -0.05) is 40.9 Å². The zero-order valence-corrected chi connectivity index (χ0v) is 34.9. The van der Waals surface area contributed by atoms with Crippen LogP contribution in [0.15, 0.2) is 66.2 Å². The zero-order chi connectivity index (χ0) is 42.9. The maximum absolute atomic E-state index is 15.2. The van der Waals surface area contributed by atoms with Gasteiger partial charge in [-0.25, -0.2) is 9.88 Å². The molecule has 3 fully saturated rings. The lowest BCUT2D eigenvalue weighted by Crippen LogP contribution is -2.49. The van der Waals surface area contributed by atoms with Crippen LogP contribution in [-0.2, 0) is 32.4 Å². The molecular formula is C42H35Cl2F3N6O6S. The Balaban J connectivity index is 1.13. The highest BCUT2D eigenvalue weighted by Crippen LogP contribution is 2.64. The largest absolute Gasteiger partial charge is 0.504 e. The topological polar surface area (TPSA) is 138 Å². The molecule has 2 aliphatic heterocycles. The molecule has 60 heavy (non-hydrogen) atoms. The summed E-state index contributed by atoms with van der Waals surface area (Å²) in [7, 11) is 4.28. The van der Waals surface area contributed by atoms with Crippen molar-refractivity contribution in [2.45, 2.75) is 38.8 Å². The van der Waals surface area contributed by atoms with E-state index in [1.165, 1.54) is 36.2 Å². The number of hydrogen-bond acceptors (Lipinski definition) is 10. The van der Waals surface area contributed by atoms with Crippen molar-refractivity contribution < 1.29 is 42.2 Å². The molecule has 1 N–H and O–H groups in total. The first-order chi connectivity index (χ1) is 28.4. The van der Waals surface area contributed by atoms with Gasteiger partial charge in [-0.05, 0) is 91.6 Å². The Labute approximate surface area is 354 Å². The van der Waals surface area contributed by atoms with Crippen LogP contribution in [0, 0.1) is 36.0 Å². The fourth-order valence-electron chi connectivity index (χ4n) is 9.89. The molecule has 5 aromatic rings. The van der Waals surface area contributed by atoms with Gasteiger partial charge in [0.25, 0.3) is 11.8 Å². The van der Waals surface area contributed by atoms with Gasteiger partial charge in [0.2, 0.25) is 11.8 Å². The number of carbonyl (C=O) groups is 4. The smallest absolute Gasteiger partial charge is 0.433 e. The minimum atomic E-state index is -4.82. The molecule has 12 nitrogen and oxygen atoms in total. The Kier molecular flexibility index (Phi) is 9.19. The quantitative estimate of drug-likeness (QED) is 0.132. The van der Waals surface area contributed by atoms with Crippen molar-refractivity contribution in [3.8, 4) is 22.1 Å². The van der Waals surface area contributed by atoms with E-state index in [0.717, 1.165) is 41.5 Å². The summed E-state index contributed by atoms with van der Waals surface area (Å²) in [4.78, 5) is 64.6. The van der Waals surface area contributed by atoms with E-state index in [9.17, 15) is 32.7 Å². The number of amides is 4. The van der Waals surface area contributed by atoms with E-state index in [0.29, 0.717) is 27.9 Å². The molecule has 310 valence electrons. The number of hydrogen-bond donors (Lipinski definition) is 1. The Bertz CT molecular complexity index is 2750. The van der Waals surface area contributed by atoms with E-state index < -0.39 is 76.3 Å². The van der Waals surface area contributed by atoms with E-state index in [1.54, 1.807) is 38.2 Å². The number of hydrazine groups is 1. The maximum Gasteiger partial charge on any atom is 0.433 e. The molecule has 0 bridgehead atoms. The lowest BCUT2D eigenvalue weighted by atomic mass is 9.51. The number of carbonyl (C=O) groups excluding carboxylic acids is 4. The van der Waals surface area contributed by atoms with Crippen LogP contribution in [0.2, 0.25) is 10.0 Å². The van der Waals surface area contributed by atoms with Crippen LogP contribution in [0.25, 0.3) is 20.7 Å². The average molecular weight is 880 g/mol. The molecular weight excluding hydrogens is 844 g/mol. The van der Waals surface area contributed by atoms with Gasteiger partial charge in [0, 0.05) is 35.8 Å². The minimum absolute atomic E-state index is 0.0102. The fourth-order valence-corrected chi connectivity index (χ4v) is 11.4. The number of phenolic OH excluding ortho intramolecular Hbond substituents is 1. The van der Waals surface area contributed by atoms with Crippen LogP contribution in [-0.4, -0.2) is 62.7 Å². The van der Waals surface area contributed by atoms with Crippen molar-refractivity contribution in [1.82, 2.24) is 19.8 Å². The highest BCUT2D eigenvalue weighted by molar-refractivity contribution is 7.22. The fraction of sp³-hybridized carbons (Fsp3) is 0.333. The number of aryl methyl sites for hydroxylation is 2. The van der Waals surface area contributed by atoms with E-state index in [4.69, 9.17) is 33.0 Å². The predicted molar refractivity (Wildman–Crippen MR) is 218 cm³/mol. The molecule has 0 radical (unpaired) electrons.